The number of rotatable bonds is 5. The van der Waals surface area contributed by atoms with Gasteiger partial charge in [-0.1, -0.05) is 11.6 Å². The van der Waals surface area contributed by atoms with Crippen LogP contribution in [0.3, 0.4) is 0 Å². The van der Waals surface area contributed by atoms with Crippen LogP contribution in [0, 0.1) is 0 Å². The molecule has 7 heteroatoms. The number of nitrogens with one attached hydrogen (secondary N) is 1. The Kier molecular flexibility index (Phi) is 4.54. The summed E-state index contributed by atoms with van der Waals surface area (Å²) in [6.45, 7) is 0.197. The largest absolute Gasteiger partial charge is 0.439 e. The van der Waals surface area contributed by atoms with Crippen LogP contribution in [0.4, 0.5) is 5.69 Å². The van der Waals surface area contributed by atoms with Gasteiger partial charge < -0.3 is 14.6 Å². The average Bonchev–Trinajstić information content (AvgIpc) is 3.04. The van der Waals surface area contributed by atoms with Crippen LogP contribution < -0.4 is 10.1 Å². The number of aromatic nitrogens is 3. The number of pyridine rings is 1. The molecule has 3 rings (SSSR count). The van der Waals surface area contributed by atoms with Crippen molar-refractivity contribution >= 4 is 23.2 Å². The van der Waals surface area contributed by atoms with Gasteiger partial charge in [0.2, 0.25) is 11.8 Å². The van der Waals surface area contributed by atoms with Crippen LogP contribution in [-0.2, 0) is 11.3 Å². The summed E-state index contributed by atoms with van der Waals surface area (Å²) in [5.74, 6) is 0.912. The van der Waals surface area contributed by atoms with E-state index in [9.17, 15) is 4.79 Å². The highest BCUT2D eigenvalue weighted by molar-refractivity contribution is 6.30. The highest BCUT2D eigenvalue weighted by Gasteiger charge is 2.04. The average molecular weight is 329 g/mol. The molecule has 1 amide bonds. The van der Waals surface area contributed by atoms with Gasteiger partial charge in [0.1, 0.15) is 12.3 Å². The molecule has 0 aliphatic heterocycles. The van der Waals surface area contributed by atoms with Gasteiger partial charge in [0.25, 0.3) is 0 Å². The van der Waals surface area contributed by atoms with E-state index in [2.05, 4.69) is 15.3 Å². The number of hydrogen-bond acceptors (Lipinski definition) is 4. The van der Waals surface area contributed by atoms with Gasteiger partial charge in [-0.3, -0.25) is 4.79 Å². The Morgan fingerprint density at radius 2 is 2.04 bits per heavy atom. The Morgan fingerprint density at radius 3 is 2.70 bits per heavy atom. The molecule has 0 spiro atoms. The van der Waals surface area contributed by atoms with Crippen molar-refractivity contribution in [3.8, 4) is 11.6 Å². The van der Waals surface area contributed by atoms with Crippen molar-refractivity contribution in [2.45, 2.75) is 6.54 Å². The van der Waals surface area contributed by atoms with Crippen molar-refractivity contribution in [1.82, 2.24) is 14.5 Å². The lowest BCUT2D eigenvalue weighted by molar-refractivity contribution is -0.116. The molecule has 1 N–H and O–H groups in total. The summed E-state index contributed by atoms with van der Waals surface area (Å²) in [5, 5.41) is 3.40. The molecule has 0 bridgehead atoms. The van der Waals surface area contributed by atoms with E-state index >= 15 is 0 Å². The topological polar surface area (TPSA) is 69.0 Å². The second-order valence-corrected chi connectivity index (χ2v) is 5.16. The summed E-state index contributed by atoms with van der Waals surface area (Å²) in [6.07, 6.45) is 6.47. The van der Waals surface area contributed by atoms with Crippen molar-refractivity contribution in [1.29, 1.82) is 0 Å². The summed E-state index contributed by atoms with van der Waals surface area (Å²) in [5.41, 5.74) is 0.596. The first-order chi connectivity index (χ1) is 11.2. The number of nitrogens with zero attached hydrogens (tertiary/aromatic N) is 3. The lowest BCUT2D eigenvalue weighted by Gasteiger charge is -2.07. The SMILES string of the molecule is O=C(Cn1ccnc1)Nc1ccc(Oc2ccc(Cl)cc2)nc1. The van der Waals surface area contributed by atoms with Gasteiger partial charge in [-0.15, -0.1) is 0 Å². The van der Waals surface area contributed by atoms with E-state index in [0.717, 1.165) is 0 Å². The number of hydrogen-bond donors (Lipinski definition) is 1. The normalized spacial score (nSPS) is 10.3. The zero-order valence-corrected chi connectivity index (χ0v) is 12.8. The van der Waals surface area contributed by atoms with Gasteiger partial charge >= 0.3 is 0 Å². The number of amides is 1. The predicted molar refractivity (Wildman–Crippen MR) is 86.6 cm³/mol. The molecule has 6 nitrogen and oxygen atoms in total. The summed E-state index contributed by atoms with van der Waals surface area (Å²) < 4.78 is 7.27. The molecule has 0 saturated heterocycles. The van der Waals surface area contributed by atoms with Gasteiger partial charge in [-0.2, -0.15) is 0 Å². The van der Waals surface area contributed by atoms with Crippen LogP contribution in [0.25, 0.3) is 0 Å². The minimum Gasteiger partial charge on any atom is -0.439 e. The first kappa shape index (κ1) is 15.1. The van der Waals surface area contributed by atoms with Crippen LogP contribution >= 0.6 is 11.6 Å². The zero-order valence-electron chi connectivity index (χ0n) is 12.0. The molecular weight excluding hydrogens is 316 g/mol. The molecule has 0 radical (unpaired) electrons. The van der Waals surface area contributed by atoms with Crippen LogP contribution in [0.1, 0.15) is 0 Å². The highest BCUT2D eigenvalue weighted by atomic mass is 35.5. The number of carbonyl (C=O) groups is 1. The van der Waals surface area contributed by atoms with Crippen LogP contribution in [0.15, 0.2) is 61.3 Å². The van der Waals surface area contributed by atoms with Gasteiger partial charge in [-0.25, -0.2) is 9.97 Å². The van der Waals surface area contributed by atoms with Crippen LogP contribution in [-0.4, -0.2) is 20.4 Å². The zero-order chi connectivity index (χ0) is 16.1. The Labute approximate surface area is 137 Å². The summed E-state index contributed by atoms with van der Waals surface area (Å²) in [4.78, 5) is 19.9. The molecule has 0 aliphatic carbocycles. The maximum Gasteiger partial charge on any atom is 0.244 e. The van der Waals surface area contributed by atoms with Crippen molar-refractivity contribution < 1.29 is 9.53 Å². The van der Waals surface area contributed by atoms with Crippen LogP contribution in [0.5, 0.6) is 11.6 Å². The van der Waals surface area contributed by atoms with E-state index in [1.165, 1.54) is 6.20 Å². The standard InChI is InChI=1S/C16H13ClN4O2/c17-12-1-4-14(5-2-12)23-16-6-3-13(9-19-16)20-15(22)10-21-8-7-18-11-21/h1-9,11H,10H2,(H,20,22). The third kappa shape index (κ3) is 4.31. The summed E-state index contributed by atoms with van der Waals surface area (Å²) in [6, 6.07) is 10.4. The summed E-state index contributed by atoms with van der Waals surface area (Å²) >= 11 is 5.82. The Hall–Kier alpha value is -2.86. The van der Waals surface area contributed by atoms with E-state index in [4.69, 9.17) is 16.3 Å². The smallest absolute Gasteiger partial charge is 0.244 e. The molecule has 1 aromatic carbocycles. The molecule has 116 valence electrons. The van der Waals surface area contributed by atoms with Crippen molar-refractivity contribution in [2.75, 3.05) is 5.32 Å². The molecule has 0 unspecified atom stereocenters. The fourth-order valence-corrected chi connectivity index (χ4v) is 2.01. The van der Waals surface area contributed by atoms with E-state index in [-0.39, 0.29) is 12.5 Å². The Balaban J connectivity index is 1.58. The van der Waals surface area contributed by atoms with Gasteiger partial charge in [-0.05, 0) is 30.3 Å². The second kappa shape index (κ2) is 6.93. The molecule has 0 fully saturated rings. The first-order valence-corrected chi connectivity index (χ1v) is 7.22. The lowest BCUT2D eigenvalue weighted by atomic mass is 10.3. The molecule has 2 heterocycles. The number of imidazole rings is 1. The number of anilines is 1. The van der Waals surface area contributed by atoms with E-state index < -0.39 is 0 Å². The molecule has 0 saturated carbocycles. The third-order valence-corrected chi connectivity index (χ3v) is 3.19. The fourth-order valence-electron chi connectivity index (χ4n) is 1.88. The third-order valence-electron chi connectivity index (χ3n) is 2.94. The molecule has 0 atom stereocenters. The maximum absolute atomic E-state index is 11.9. The minimum atomic E-state index is -0.156. The minimum absolute atomic E-state index is 0.156. The van der Waals surface area contributed by atoms with Gasteiger partial charge in [0.15, 0.2) is 0 Å². The quantitative estimate of drug-likeness (QED) is 0.779. The Bertz CT molecular complexity index is 771. The van der Waals surface area contributed by atoms with Crippen molar-refractivity contribution in [2.24, 2.45) is 0 Å². The lowest BCUT2D eigenvalue weighted by Crippen LogP contribution is -2.17. The number of benzene rings is 1. The molecule has 23 heavy (non-hydrogen) atoms. The Morgan fingerprint density at radius 1 is 1.22 bits per heavy atom. The molecule has 2 aromatic heterocycles. The van der Waals surface area contributed by atoms with E-state index in [1.54, 1.807) is 59.7 Å². The van der Waals surface area contributed by atoms with Crippen molar-refractivity contribution in [3.63, 3.8) is 0 Å². The summed E-state index contributed by atoms with van der Waals surface area (Å²) in [7, 11) is 0. The highest BCUT2D eigenvalue weighted by Crippen LogP contribution is 2.22. The molecular formula is C16H13ClN4O2. The number of halogens is 1. The monoisotopic (exact) mass is 328 g/mol. The van der Waals surface area contributed by atoms with Crippen LogP contribution in [0.2, 0.25) is 5.02 Å². The number of carbonyl (C=O) groups excluding carboxylic acids is 1. The van der Waals surface area contributed by atoms with E-state index in [1.807, 2.05) is 0 Å². The van der Waals surface area contributed by atoms with Crippen molar-refractivity contribution in [3.05, 3.63) is 66.3 Å². The predicted octanol–water partition coefficient (Wildman–Crippen LogP) is 3.36. The first-order valence-electron chi connectivity index (χ1n) is 6.84. The fraction of sp³-hybridized carbons (Fsp3) is 0.0625. The van der Waals surface area contributed by atoms with Gasteiger partial charge in [0.05, 0.1) is 18.2 Å². The molecule has 0 aliphatic rings. The second-order valence-electron chi connectivity index (χ2n) is 4.72. The van der Waals surface area contributed by atoms with E-state index in [0.29, 0.717) is 22.3 Å². The molecule has 3 aromatic rings. The maximum atomic E-state index is 11.9. The number of ether oxygens (including phenoxy) is 1. The van der Waals surface area contributed by atoms with Gasteiger partial charge in [0, 0.05) is 23.5 Å².